The van der Waals surface area contributed by atoms with Crippen LogP contribution in [0.4, 0.5) is 0 Å². The summed E-state index contributed by atoms with van der Waals surface area (Å²) in [5, 5.41) is 2.93. The van der Waals surface area contributed by atoms with Crippen LogP contribution in [0.25, 0.3) is 0 Å². The lowest BCUT2D eigenvalue weighted by Gasteiger charge is -2.31. The van der Waals surface area contributed by atoms with Crippen molar-refractivity contribution < 1.29 is 18.7 Å². The molecule has 1 saturated heterocycles. The highest BCUT2D eigenvalue weighted by molar-refractivity contribution is 9.10. The van der Waals surface area contributed by atoms with Gasteiger partial charge in [0.2, 0.25) is 0 Å². The Balaban J connectivity index is 1.27. The summed E-state index contributed by atoms with van der Waals surface area (Å²) in [6.45, 7) is 6.34. The monoisotopic (exact) mass is 498 g/mol. The van der Waals surface area contributed by atoms with Gasteiger partial charge in [0.1, 0.15) is 18.1 Å². The molecule has 2 aromatic carbocycles. The minimum Gasteiger partial charge on any atom is -0.486 e. The molecule has 3 aromatic rings. The molecule has 1 aromatic heterocycles. The topological polar surface area (TPSA) is 63.9 Å². The zero-order chi connectivity index (χ0) is 22.3. The van der Waals surface area contributed by atoms with E-state index >= 15 is 0 Å². The van der Waals surface area contributed by atoms with Gasteiger partial charge in [0.15, 0.2) is 5.76 Å². The van der Waals surface area contributed by atoms with Crippen LogP contribution >= 0.6 is 15.9 Å². The number of nitrogens with zero attached hydrogens (tertiary/aromatic N) is 1. The summed E-state index contributed by atoms with van der Waals surface area (Å²) in [4.78, 5) is 14.9. The molecule has 6 nitrogen and oxygen atoms in total. The molecule has 1 atom stereocenters. The van der Waals surface area contributed by atoms with Crippen LogP contribution < -0.4 is 10.1 Å². The second-order valence-corrected chi connectivity index (χ2v) is 8.85. The first-order valence-electron chi connectivity index (χ1n) is 10.7. The molecule has 0 spiro atoms. The van der Waals surface area contributed by atoms with Gasteiger partial charge in [0.05, 0.1) is 12.7 Å². The van der Waals surface area contributed by atoms with Gasteiger partial charge in [-0.15, -0.1) is 0 Å². The average Bonchev–Trinajstić information content (AvgIpc) is 3.26. The molecular formula is C25H27BrN2O4. The average molecular weight is 499 g/mol. The fourth-order valence-corrected chi connectivity index (χ4v) is 4.07. The SMILES string of the molecule is CC1CN(Cc2cccc(CNC(=O)c3ccc(COc4cccc(Br)c4)o3)c2)CCO1. The molecule has 1 aliphatic rings. The van der Waals surface area contributed by atoms with Crippen molar-refractivity contribution in [3.8, 4) is 5.75 Å². The number of benzene rings is 2. The molecule has 7 heteroatoms. The van der Waals surface area contributed by atoms with Crippen molar-refractivity contribution in [1.82, 2.24) is 10.2 Å². The van der Waals surface area contributed by atoms with E-state index in [2.05, 4.69) is 45.2 Å². The van der Waals surface area contributed by atoms with Crippen LogP contribution in [0.1, 0.15) is 34.4 Å². The number of rotatable bonds is 8. The fraction of sp³-hybridized carbons (Fsp3) is 0.320. The summed E-state index contributed by atoms with van der Waals surface area (Å²) in [6, 6.07) is 19.3. The van der Waals surface area contributed by atoms with Crippen LogP contribution in [0, 0.1) is 0 Å². The van der Waals surface area contributed by atoms with E-state index in [1.54, 1.807) is 12.1 Å². The number of amides is 1. The third kappa shape index (κ3) is 6.45. The number of hydrogen-bond acceptors (Lipinski definition) is 5. The van der Waals surface area contributed by atoms with Gasteiger partial charge >= 0.3 is 0 Å². The van der Waals surface area contributed by atoms with Crippen LogP contribution in [0.15, 0.2) is 69.6 Å². The fourth-order valence-electron chi connectivity index (χ4n) is 3.69. The highest BCUT2D eigenvalue weighted by Gasteiger charge is 2.17. The van der Waals surface area contributed by atoms with Gasteiger partial charge in [-0.25, -0.2) is 0 Å². The van der Waals surface area contributed by atoms with Crippen LogP contribution in [0.2, 0.25) is 0 Å². The standard InChI is InChI=1S/C25H27BrN2O4/c1-18-15-28(10-11-30-18)16-20-5-2-4-19(12-20)14-27-25(29)24-9-8-23(32-24)17-31-22-7-3-6-21(26)13-22/h2-9,12-13,18H,10-11,14-17H2,1H3,(H,27,29). The van der Waals surface area contributed by atoms with Crippen molar-refractivity contribution in [3.63, 3.8) is 0 Å². The van der Waals surface area contributed by atoms with Crippen molar-refractivity contribution >= 4 is 21.8 Å². The minimum atomic E-state index is -0.244. The van der Waals surface area contributed by atoms with Crippen LogP contribution in [0.3, 0.4) is 0 Å². The first-order valence-corrected chi connectivity index (χ1v) is 11.5. The molecule has 0 radical (unpaired) electrons. The summed E-state index contributed by atoms with van der Waals surface area (Å²) < 4.78 is 17.9. The Morgan fingerprint density at radius 3 is 2.84 bits per heavy atom. The summed E-state index contributed by atoms with van der Waals surface area (Å²) >= 11 is 3.42. The van der Waals surface area contributed by atoms with E-state index in [0.29, 0.717) is 12.3 Å². The molecule has 1 aliphatic heterocycles. The van der Waals surface area contributed by atoms with Crippen LogP contribution in [-0.4, -0.2) is 36.6 Å². The Morgan fingerprint density at radius 1 is 1.16 bits per heavy atom. The van der Waals surface area contributed by atoms with E-state index in [0.717, 1.165) is 42.0 Å². The number of carbonyl (C=O) groups is 1. The Hall–Kier alpha value is -2.61. The molecule has 32 heavy (non-hydrogen) atoms. The predicted octanol–water partition coefficient (Wildman–Crippen LogP) is 4.77. The summed E-state index contributed by atoms with van der Waals surface area (Å²) in [5.74, 6) is 1.35. The van der Waals surface area contributed by atoms with Gasteiger partial charge in [-0.2, -0.15) is 0 Å². The molecule has 1 N–H and O–H groups in total. The van der Waals surface area contributed by atoms with Crippen LogP contribution in [-0.2, 0) is 24.4 Å². The van der Waals surface area contributed by atoms with E-state index in [1.807, 2.05) is 36.4 Å². The summed E-state index contributed by atoms with van der Waals surface area (Å²) in [6.07, 6.45) is 0.268. The second-order valence-electron chi connectivity index (χ2n) is 7.93. The molecule has 1 amide bonds. The summed E-state index contributed by atoms with van der Waals surface area (Å²) in [5.41, 5.74) is 2.29. The van der Waals surface area contributed by atoms with E-state index in [9.17, 15) is 4.79 Å². The molecule has 0 saturated carbocycles. The maximum absolute atomic E-state index is 12.5. The summed E-state index contributed by atoms with van der Waals surface area (Å²) in [7, 11) is 0. The van der Waals surface area contributed by atoms with Crippen molar-refractivity contribution in [3.05, 3.63) is 87.8 Å². The van der Waals surface area contributed by atoms with Gasteiger partial charge < -0.3 is 19.2 Å². The number of morpholine rings is 1. The molecule has 168 valence electrons. The van der Waals surface area contributed by atoms with Gasteiger partial charge in [0.25, 0.3) is 5.91 Å². The highest BCUT2D eigenvalue weighted by Crippen LogP contribution is 2.19. The van der Waals surface area contributed by atoms with Crippen molar-refractivity contribution in [2.24, 2.45) is 0 Å². The lowest BCUT2D eigenvalue weighted by Crippen LogP contribution is -2.40. The van der Waals surface area contributed by atoms with E-state index in [1.165, 1.54) is 5.56 Å². The van der Waals surface area contributed by atoms with E-state index in [4.69, 9.17) is 13.9 Å². The largest absolute Gasteiger partial charge is 0.486 e. The van der Waals surface area contributed by atoms with Crippen molar-refractivity contribution in [2.45, 2.75) is 32.7 Å². The smallest absolute Gasteiger partial charge is 0.287 e. The maximum atomic E-state index is 12.5. The lowest BCUT2D eigenvalue weighted by molar-refractivity contribution is -0.0212. The second kappa shape index (κ2) is 10.8. The maximum Gasteiger partial charge on any atom is 0.287 e. The Morgan fingerprint density at radius 2 is 2.00 bits per heavy atom. The van der Waals surface area contributed by atoms with E-state index in [-0.39, 0.29) is 24.4 Å². The number of halogens is 1. The first kappa shape index (κ1) is 22.6. The van der Waals surface area contributed by atoms with Gasteiger partial charge in [-0.3, -0.25) is 9.69 Å². The van der Waals surface area contributed by atoms with Crippen molar-refractivity contribution in [2.75, 3.05) is 19.7 Å². The van der Waals surface area contributed by atoms with Gasteiger partial charge in [0, 0.05) is 30.7 Å². The molecule has 1 fully saturated rings. The quantitative estimate of drug-likeness (QED) is 0.484. The predicted molar refractivity (Wildman–Crippen MR) is 125 cm³/mol. The number of hydrogen-bond donors (Lipinski definition) is 1. The normalized spacial score (nSPS) is 16.6. The third-order valence-corrected chi connectivity index (χ3v) is 5.73. The molecular weight excluding hydrogens is 472 g/mol. The highest BCUT2D eigenvalue weighted by atomic mass is 79.9. The molecule has 1 unspecified atom stereocenters. The zero-order valence-electron chi connectivity index (χ0n) is 18.1. The minimum absolute atomic E-state index is 0.244. The van der Waals surface area contributed by atoms with Gasteiger partial charge in [-0.05, 0) is 48.4 Å². The van der Waals surface area contributed by atoms with Gasteiger partial charge in [-0.1, -0.05) is 46.3 Å². The molecule has 0 bridgehead atoms. The number of nitrogens with one attached hydrogen (secondary N) is 1. The van der Waals surface area contributed by atoms with E-state index < -0.39 is 0 Å². The molecule has 2 heterocycles. The first-order chi connectivity index (χ1) is 15.5. The van der Waals surface area contributed by atoms with Crippen molar-refractivity contribution in [1.29, 1.82) is 0 Å². The Kier molecular flexibility index (Phi) is 7.63. The molecule has 0 aliphatic carbocycles. The number of ether oxygens (including phenoxy) is 2. The zero-order valence-corrected chi connectivity index (χ0v) is 19.6. The lowest BCUT2D eigenvalue weighted by atomic mass is 10.1. The van der Waals surface area contributed by atoms with Crippen LogP contribution in [0.5, 0.6) is 5.75 Å². The Labute approximate surface area is 196 Å². The third-order valence-electron chi connectivity index (χ3n) is 5.24. The number of carbonyl (C=O) groups excluding carboxylic acids is 1. The number of furan rings is 1. The Bertz CT molecular complexity index is 1050. The molecule has 4 rings (SSSR count).